The van der Waals surface area contributed by atoms with Crippen molar-refractivity contribution in [3.05, 3.63) is 0 Å². The average Bonchev–Trinajstić information content (AvgIpc) is 2.95. The molecule has 3 rings (SSSR count). The molecular formula is C14H25NO. The van der Waals surface area contributed by atoms with Crippen molar-refractivity contribution in [1.29, 1.82) is 0 Å². The third-order valence-corrected chi connectivity index (χ3v) is 5.16. The lowest BCUT2D eigenvalue weighted by Gasteiger charge is -2.35. The molecular weight excluding hydrogens is 198 g/mol. The highest BCUT2D eigenvalue weighted by Gasteiger charge is 2.40. The standard InChI is InChI=1S/C14H25NO/c16-14-9-3-7-13(14)15-10-4-8-12(15)11-5-1-2-6-11/h11-14,16H,1-10H2. The number of aliphatic hydroxyl groups excluding tert-OH is 1. The maximum absolute atomic E-state index is 10.1. The molecule has 2 saturated carbocycles. The molecule has 3 unspecified atom stereocenters. The largest absolute Gasteiger partial charge is 0.391 e. The molecule has 0 bridgehead atoms. The minimum Gasteiger partial charge on any atom is -0.391 e. The molecule has 2 heteroatoms. The lowest BCUT2D eigenvalue weighted by atomic mass is 9.94. The van der Waals surface area contributed by atoms with Gasteiger partial charge in [0.25, 0.3) is 0 Å². The molecule has 1 heterocycles. The molecule has 1 saturated heterocycles. The van der Waals surface area contributed by atoms with Crippen LogP contribution in [0.1, 0.15) is 57.8 Å². The normalized spacial score (nSPS) is 42.2. The lowest BCUT2D eigenvalue weighted by Crippen LogP contribution is -2.45. The second-order valence-corrected chi connectivity index (χ2v) is 6.06. The third-order valence-electron chi connectivity index (χ3n) is 5.16. The number of aliphatic hydroxyl groups is 1. The molecule has 16 heavy (non-hydrogen) atoms. The highest BCUT2D eigenvalue weighted by atomic mass is 16.3. The molecule has 0 aromatic rings. The quantitative estimate of drug-likeness (QED) is 0.777. The van der Waals surface area contributed by atoms with E-state index in [9.17, 15) is 5.11 Å². The molecule has 3 fully saturated rings. The van der Waals surface area contributed by atoms with Gasteiger partial charge in [-0.05, 0) is 57.4 Å². The molecule has 1 aliphatic heterocycles. The van der Waals surface area contributed by atoms with E-state index in [0.29, 0.717) is 6.04 Å². The van der Waals surface area contributed by atoms with E-state index in [1.165, 1.54) is 57.9 Å². The SMILES string of the molecule is OC1CCCC1N1CCCC1C1CCCC1. The maximum atomic E-state index is 10.1. The highest BCUT2D eigenvalue weighted by molar-refractivity contribution is 4.95. The van der Waals surface area contributed by atoms with Crippen molar-refractivity contribution in [2.75, 3.05) is 6.54 Å². The Labute approximate surface area is 99.0 Å². The van der Waals surface area contributed by atoms with Crippen molar-refractivity contribution >= 4 is 0 Å². The van der Waals surface area contributed by atoms with Crippen LogP contribution in [-0.2, 0) is 0 Å². The molecule has 0 radical (unpaired) electrons. The summed E-state index contributed by atoms with van der Waals surface area (Å²) in [5.74, 6) is 0.954. The number of likely N-dealkylation sites (tertiary alicyclic amines) is 1. The monoisotopic (exact) mass is 223 g/mol. The number of nitrogens with zero attached hydrogens (tertiary/aromatic N) is 1. The molecule has 0 amide bonds. The van der Waals surface area contributed by atoms with Gasteiger partial charge in [-0.3, -0.25) is 4.90 Å². The number of hydrogen-bond acceptors (Lipinski definition) is 2. The minimum atomic E-state index is -0.0259. The van der Waals surface area contributed by atoms with Crippen molar-refractivity contribution in [1.82, 2.24) is 4.90 Å². The van der Waals surface area contributed by atoms with Gasteiger partial charge in [-0.2, -0.15) is 0 Å². The Morgan fingerprint density at radius 2 is 1.50 bits per heavy atom. The summed E-state index contributed by atoms with van der Waals surface area (Å²) in [6.07, 6.45) is 12.0. The van der Waals surface area contributed by atoms with E-state index in [0.717, 1.165) is 18.4 Å². The van der Waals surface area contributed by atoms with Gasteiger partial charge in [0.15, 0.2) is 0 Å². The molecule has 2 aliphatic carbocycles. The van der Waals surface area contributed by atoms with Crippen molar-refractivity contribution in [2.45, 2.75) is 76.0 Å². The van der Waals surface area contributed by atoms with Gasteiger partial charge in [0.1, 0.15) is 0 Å². The van der Waals surface area contributed by atoms with Gasteiger partial charge in [0, 0.05) is 12.1 Å². The van der Waals surface area contributed by atoms with Crippen molar-refractivity contribution in [2.24, 2.45) is 5.92 Å². The van der Waals surface area contributed by atoms with Crippen molar-refractivity contribution in [3.8, 4) is 0 Å². The molecule has 1 N–H and O–H groups in total. The Hall–Kier alpha value is -0.0800. The minimum absolute atomic E-state index is 0.0259. The van der Waals surface area contributed by atoms with Crippen LogP contribution in [0.3, 0.4) is 0 Å². The molecule has 2 nitrogen and oxygen atoms in total. The number of hydrogen-bond donors (Lipinski definition) is 1. The van der Waals surface area contributed by atoms with Crippen LogP contribution in [0.5, 0.6) is 0 Å². The van der Waals surface area contributed by atoms with Crippen LogP contribution in [0.2, 0.25) is 0 Å². The Kier molecular flexibility index (Phi) is 3.21. The van der Waals surface area contributed by atoms with E-state index in [1.54, 1.807) is 0 Å². The van der Waals surface area contributed by atoms with E-state index in [4.69, 9.17) is 0 Å². The molecule has 92 valence electrons. The van der Waals surface area contributed by atoms with Crippen LogP contribution in [0.15, 0.2) is 0 Å². The summed E-state index contributed by atoms with van der Waals surface area (Å²) in [5.41, 5.74) is 0. The first-order valence-corrected chi connectivity index (χ1v) is 7.30. The Balaban J connectivity index is 1.68. The van der Waals surface area contributed by atoms with Gasteiger partial charge in [-0.25, -0.2) is 0 Å². The van der Waals surface area contributed by atoms with Crippen molar-refractivity contribution < 1.29 is 5.11 Å². The van der Waals surface area contributed by atoms with E-state index in [-0.39, 0.29) is 6.10 Å². The zero-order chi connectivity index (χ0) is 11.0. The molecule has 0 aromatic carbocycles. The van der Waals surface area contributed by atoms with Gasteiger partial charge in [-0.15, -0.1) is 0 Å². The van der Waals surface area contributed by atoms with Crippen LogP contribution in [0.25, 0.3) is 0 Å². The van der Waals surface area contributed by atoms with Crippen LogP contribution in [0, 0.1) is 5.92 Å². The van der Waals surface area contributed by atoms with Crippen LogP contribution < -0.4 is 0 Å². The first kappa shape index (κ1) is 11.0. The fraction of sp³-hybridized carbons (Fsp3) is 1.00. The van der Waals surface area contributed by atoms with Crippen molar-refractivity contribution in [3.63, 3.8) is 0 Å². The summed E-state index contributed by atoms with van der Waals surface area (Å²) in [5, 5.41) is 10.1. The highest BCUT2D eigenvalue weighted by Crippen LogP contribution is 2.39. The maximum Gasteiger partial charge on any atom is 0.0695 e. The Morgan fingerprint density at radius 3 is 2.19 bits per heavy atom. The summed E-state index contributed by atoms with van der Waals surface area (Å²) >= 11 is 0. The first-order valence-electron chi connectivity index (χ1n) is 7.30. The molecule has 3 atom stereocenters. The van der Waals surface area contributed by atoms with E-state index in [2.05, 4.69) is 4.90 Å². The predicted octanol–water partition coefficient (Wildman–Crippen LogP) is 2.55. The van der Waals surface area contributed by atoms with Crippen LogP contribution in [0.4, 0.5) is 0 Å². The predicted molar refractivity (Wildman–Crippen MR) is 65.3 cm³/mol. The topological polar surface area (TPSA) is 23.5 Å². The lowest BCUT2D eigenvalue weighted by molar-refractivity contribution is 0.0473. The second-order valence-electron chi connectivity index (χ2n) is 6.06. The van der Waals surface area contributed by atoms with Crippen LogP contribution in [-0.4, -0.2) is 34.7 Å². The summed E-state index contributed by atoms with van der Waals surface area (Å²) in [4.78, 5) is 2.69. The summed E-state index contributed by atoms with van der Waals surface area (Å²) in [7, 11) is 0. The smallest absolute Gasteiger partial charge is 0.0695 e. The zero-order valence-electron chi connectivity index (χ0n) is 10.3. The summed E-state index contributed by atoms with van der Waals surface area (Å²) in [6.45, 7) is 1.25. The Morgan fingerprint density at radius 1 is 0.750 bits per heavy atom. The van der Waals surface area contributed by atoms with Gasteiger partial charge < -0.3 is 5.11 Å². The fourth-order valence-corrected chi connectivity index (χ4v) is 4.38. The summed E-state index contributed by atoms with van der Waals surface area (Å²) in [6, 6.07) is 1.33. The fourth-order valence-electron chi connectivity index (χ4n) is 4.38. The van der Waals surface area contributed by atoms with Gasteiger partial charge in [0.2, 0.25) is 0 Å². The average molecular weight is 223 g/mol. The van der Waals surface area contributed by atoms with E-state index in [1.807, 2.05) is 0 Å². The third kappa shape index (κ3) is 1.91. The van der Waals surface area contributed by atoms with Gasteiger partial charge >= 0.3 is 0 Å². The van der Waals surface area contributed by atoms with Gasteiger partial charge in [-0.1, -0.05) is 12.8 Å². The van der Waals surface area contributed by atoms with Gasteiger partial charge in [0.05, 0.1) is 6.10 Å². The molecule has 0 aromatic heterocycles. The Bertz CT molecular complexity index is 237. The second kappa shape index (κ2) is 4.66. The summed E-state index contributed by atoms with van der Waals surface area (Å²) < 4.78 is 0. The molecule has 0 spiro atoms. The zero-order valence-corrected chi connectivity index (χ0v) is 10.3. The molecule has 3 aliphatic rings. The van der Waals surface area contributed by atoms with E-state index < -0.39 is 0 Å². The van der Waals surface area contributed by atoms with Crippen LogP contribution >= 0.6 is 0 Å². The first-order chi connectivity index (χ1) is 7.86. The number of rotatable bonds is 2. The van der Waals surface area contributed by atoms with E-state index >= 15 is 0 Å².